The maximum absolute atomic E-state index is 11.5. The van der Waals surface area contributed by atoms with Crippen molar-refractivity contribution >= 4 is 17.9 Å². The molecule has 0 saturated heterocycles. The third-order valence-corrected chi connectivity index (χ3v) is 4.16. The largest absolute Gasteiger partial charge is 1.00 e. The Morgan fingerprint density at radius 1 is 0.846 bits per heavy atom. The Balaban J connectivity index is 0. The molecule has 0 aliphatic heterocycles. The van der Waals surface area contributed by atoms with Crippen LogP contribution in [0, 0.1) is 0 Å². The van der Waals surface area contributed by atoms with Gasteiger partial charge in [0.25, 0.3) is 0 Å². The summed E-state index contributed by atoms with van der Waals surface area (Å²) in [4.78, 5) is 33.3. The summed E-state index contributed by atoms with van der Waals surface area (Å²) in [6.07, 6.45) is 12.8. The van der Waals surface area contributed by atoms with Gasteiger partial charge in [-0.15, -0.1) is 0 Å². The van der Waals surface area contributed by atoms with Gasteiger partial charge in [0.15, 0.2) is 0 Å². The Labute approximate surface area is 179 Å². The summed E-state index contributed by atoms with van der Waals surface area (Å²) in [6, 6.07) is -1.10. The van der Waals surface area contributed by atoms with Crippen molar-refractivity contribution in [3.63, 3.8) is 0 Å². The fraction of sp³-hybridized carbons (Fsp3) is 0.842. The van der Waals surface area contributed by atoms with Crippen LogP contribution in [-0.2, 0) is 19.1 Å². The first-order valence-electron chi connectivity index (χ1n) is 9.67. The molecule has 2 N–H and O–H groups in total. The standard InChI is InChI=1S/C19H35NO5.Na/c1-2-3-4-5-6-7-8-9-10-11-12-13-18(23)25-19(24)16(20)14-15-17(21)22;/h16H,2-15,20H2,1H3,(H,21,22);/q;+1/p-1. The van der Waals surface area contributed by atoms with Crippen LogP contribution in [0.1, 0.15) is 96.8 Å². The van der Waals surface area contributed by atoms with Crippen molar-refractivity contribution < 1.29 is 53.8 Å². The third kappa shape index (κ3) is 18.4. The van der Waals surface area contributed by atoms with Crippen LogP contribution in [0.25, 0.3) is 0 Å². The fourth-order valence-electron chi connectivity index (χ4n) is 2.56. The molecular weight excluding hydrogens is 345 g/mol. The van der Waals surface area contributed by atoms with Gasteiger partial charge in [-0.05, 0) is 19.3 Å². The minimum Gasteiger partial charge on any atom is -0.550 e. The predicted molar refractivity (Wildman–Crippen MR) is 94.4 cm³/mol. The van der Waals surface area contributed by atoms with Crippen molar-refractivity contribution in [2.24, 2.45) is 5.73 Å². The molecule has 0 aromatic carbocycles. The van der Waals surface area contributed by atoms with Gasteiger partial charge in [-0.3, -0.25) is 4.79 Å². The summed E-state index contributed by atoms with van der Waals surface area (Å²) in [5, 5.41) is 10.3. The molecule has 0 bridgehead atoms. The first-order chi connectivity index (χ1) is 12.0. The van der Waals surface area contributed by atoms with E-state index in [-0.39, 0.29) is 48.8 Å². The van der Waals surface area contributed by atoms with Crippen LogP contribution in [0.4, 0.5) is 0 Å². The van der Waals surface area contributed by atoms with E-state index in [4.69, 9.17) is 5.73 Å². The fourth-order valence-corrected chi connectivity index (χ4v) is 2.56. The van der Waals surface area contributed by atoms with E-state index in [9.17, 15) is 19.5 Å². The van der Waals surface area contributed by atoms with Gasteiger partial charge < -0.3 is 20.4 Å². The Bertz CT molecular complexity index is 390. The molecule has 0 rings (SSSR count). The van der Waals surface area contributed by atoms with E-state index in [0.29, 0.717) is 6.42 Å². The second kappa shape index (κ2) is 19.3. The Hall–Kier alpha value is -0.430. The Kier molecular flexibility index (Phi) is 20.7. The van der Waals surface area contributed by atoms with Crippen LogP contribution >= 0.6 is 0 Å². The molecule has 0 aromatic heterocycles. The molecule has 0 fully saturated rings. The first kappa shape index (κ1) is 27.8. The van der Waals surface area contributed by atoms with Crippen molar-refractivity contribution in [1.82, 2.24) is 0 Å². The summed E-state index contributed by atoms with van der Waals surface area (Å²) >= 11 is 0. The average Bonchev–Trinajstić information content (AvgIpc) is 2.57. The maximum atomic E-state index is 11.5. The number of unbranched alkanes of at least 4 members (excludes halogenated alkanes) is 10. The summed E-state index contributed by atoms with van der Waals surface area (Å²) in [5.41, 5.74) is 5.46. The van der Waals surface area contributed by atoms with Crippen molar-refractivity contribution in [3.05, 3.63) is 0 Å². The molecule has 0 aliphatic carbocycles. The summed E-state index contributed by atoms with van der Waals surface area (Å²) < 4.78 is 4.62. The third-order valence-electron chi connectivity index (χ3n) is 4.16. The maximum Gasteiger partial charge on any atom is 1.00 e. The molecule has 0 spiro atoms. The molecule has 0 saturated carbocycles. The van der Waals surface area contributed by atoms with Crippen LogP contribution in [0.15, 0.2) is 0 Å². The van der Waals surface area contributed by atoms with Gasteiger partial charge in [0.05, 0.1) is 0 Å². The number of carboxylic acid groups (broad SMARTS) is 1. The van der Waals surface area contributed by atoms with Crippen molar-refractivity contribution in [2.75, 3.05) is 0 Å². The number of hydrogen-bond acceptors (Lipinski definition) is 6. The Morgan fingerprint density at radius 2 is 1.31 bits per heavy atom. The first-order valence-corrected chi connectivity index (χ1v) is 9.67. The molecule has 0 amide bonds. The van der Waals surface area contributed by atoms with Gasteiger partial charge in [0, 0.05) is 12.4 Å². The molecule has 146 valence electrons. The topological polar surface area (TPSA) is 110 Å². The molecule has 1 atom stereocenters. The van der Waals surface area contributed by atoms with E-state index < -0.39 is 23.9 Å². The van der Waals surface area contributed by atoms with E-state index in [1.165, 1.54) is 51.4 Å². The number of rotatable bonds is 16. The van der Waals surface area contributed by atoms with Crippen LogP contribution in [0.5, 0.6) is 0 Å². The normalized spacial score (nSPS) is 11.5. The van der Waals surface area contributed by atoms with Gasteiger partial charge in [0.2, 0.25) is 0 Å². The number of carbonyl (C=O) groups excluding carboxylic acids is 3. The Morgan fingerprint density at radius 3 is 1.77 bits per heavy atom. The van der Waals surface area contributed by atoms with Crippen LogP contribution in [0.3, 0.4) is 0 Å². The molecule has 26 heavy (non-hydrogen) atoms. The van der Waals surface area contributed by atoms with E-state index in [2.05, 4.69) is 11.7 Å². The molecule has 7 heteroatoms. The second-order valence-electron chi connectivity index (χ2n) is 6.60. The minimum absolute atomic E-state index is 0. The van der Waals surface area contributed by atoms with E-state index in [0.717, 1.165) is 12.8 Å². The zero-order valence-corrected chi connectivity index (χ0v) is 18.6. The molecule has 0 heterocycles. The molecule has 1 unspecified atom stereocenters. The monoisotopic (exact) mass is 379 g/mol. The van der Waals surface area contributed by atoms with Gasteiger partial charge >= 0.3 is 41.5 Å². The molecule has 0 aliphatic rings. The number of nitrogens with two attached hydrogens (primary N) is 1. The number of ether oxygens (including phenoxy) is 1. The zero-order chi connectivity index (χ0) is 18.9. The van der Waals surface area contributed by atoms with Gasteiger partial charge in [-0.1, -0.05) is 71.1 Å². The van der Waals surface area contributed by atoms with Gasteiger partial charge in [-0.25, -0.2) is 4.79 Å². The summed E-state index contributed by atoms with van der Waals surface area (Å²) in [7, 11) is 0. The molecule has 6 nitrogen and oxygen atoms in total. The van der Waals surface area contributed by atoms with E-state index >= 15 is 0 Å². The number of esters is 2. The minimum atomic E-state index is -1.28. The number of aliphatic carboxylic acids is 1. The van der Waals surface area contributed by atoms with E-state index in [1.54, 1.807) is 0 Å². The smallest absolute Gasteiger partial charge is 0.550 e. The second-order valence-corrected chi connectivity index (χ2v) is 6.60. The average molecular weight is 379 g/mol. The number of hydrogen-bond donors (Lipinski definition) is 1. The summed E-state index contributed by atoms with van der Waals surface area (Å²) in [5.74, 6) is -2.74. The SMILES string of the molecule is CCCCCCCCCCCCCC(=O)OC(=O)C(N)CCC(=O)[O-].[Na+]. The van der Waals surface area contributed by atoms with Gasteiger partial charge in [0.1, 0.15) is 6.04 Å². The van der Waals surface area contributed by atoms with Crippen molar-refractivity contribution in [1.29, 1.82) is 0 Å². The van der Waals surface area contributed by atoms with Crippen LogP contribution < -0.4 is 40.4 Å². The summed E-state index contributed by atoms with van der Waals surface area (Å²) in [6.45, 7) is 2.22. The van der Waals surface area contributed by atoms with Crippen molar-refractivity contribution in [2.45, 2.75) is 103 Å². The molecular formula is C19H34NNaO5. The molecule has 0 aromatic rings. The van der Waals surface area contributed by atoms with Crippen LogP contribution in [-0.4, -0.2) is 23.9 Å². The van der Waals surface area contributed by atoms with Crippen LogP contribution in [0.2, 0.25) is 0 Å². The van der Waals surface area contributed by atoms with Gasteiger partial charge in [-0.2, -0.15) is 0 Å². The number of carbonyl (C=O) groups is 3. The predicted octanol–water partition coefficient (Wildman–Crippen LogP) is -0.381. The number of carboxylic acids is 1. The molecule has 0 radical (unpaired) electrons. The zero-order valence-electron chi connectivity index (χ0n) is 16.6. The van der Waals surface area contributed by atoms with E-state index in [1.807, 2.05) is 0 Å². The van der Waals surface area contributed by atoms with Crippen molar-refractivity contribution in [3.8, 4) is 0 Å². The quantitative estimate of drug-likeness (QED) is 0.169.